The van der Waals surface area contributed by atoms with Crippen LogP contribution in [0.25, 0.3) is 0 Å². The van der Waals surface area contributed by atoms with Crippen molar-refractivity contribution >= 4 is 17.8 Å². The highest BCUT2D eigenvalue weighted by molar-refractivity contribution is 6.78. The third-order valence-electron chi connectivity index (χ3n) is 3.87. The molecule has 0 aliphatic heterocycles. The van der Waals surface area contributed by atoms with E-state index >= 15 is 0 Å². The average Bonchev–Trinajstić information content (AvgIpc) is 2.51. The summed E-state index contributed by atoms with van der Waals surface area (Å²) in [7, 11) is 0. The highest BCUT2D eigenvalue weighted by atomic mass is 14.9. The Morgan fingerprint density at radius 3 is 2.19 bits per heavy atom. The van der Waals surface area contributed by atoms with Crippen molar-refractivity contribution in [2.75, 3.05) is 0 Å². The third-order valence-corrected chi connectivity index (χ3v) is 3.87. The fraction of sp³-hybridized carbons (Fsp3) is 0.105. The summed E-state index contributed by atoms with van der Waals surface area (Å²) in [5.41, 5.74) is 5.24. The van der Waals surface area contributed by atoms with Crippen LogP contribution in [0.3, 0.4) is 0 Å². The zero-order valence-electron chi connectivity index (χ0n) is 12.5. The second-order valence-electron chi connectivity index (χ2n) is 5.50. The van der Waals surface area contributed by atoms with Crippen LogP contribution >= 0.6 is 0 Å². The molecule has 0 saturated carbocycles. The van der Waals surface area contributed by atoms with Gasteiger partial charge in [0.25, 0.3) is 0 Å². The largest absolute Gasteiger partial charge is 0.559 e. The van der Waals surface area contributed by atoms with Crippen LogP contribution in [0.1, 0.15) is 11.1 Å². The number of hydrogen-bond acceptors (Lipinski definition) is 0. The van der Waals surface area contributed by atoms with E-state index in [1.54, 1.807) is 0 Å². The Labute approximate surface area is 127 Å². The van der Waals surface area contributed by atoms with Crippen molar-refractivity contribution in [2.45, 2.75) is 13.8 Å². The molecule has 1 aromatic heterocycles. The van der Waals surface area contributed by atoms with Gasteiger partial charge in [-0.1, -0.05) is 54.6 Å². The van der Waals surface area contributed by atoms with Crippen LogP contribution in [0, 0.1) is 13.8 Å². The van der Waals surface area contributed by atoms with E-state index in [1.165, 1.54) is 22.1 Å². The van der Waals surface area contributed by atoms with Crippen molar-refractivity contribution in [3.05, 3.63) is 90.3 Å². The first-order chi connectivity index (χ1) is 10.3. The average molecular weight is 272 g/mol. The van der Waals surface area contributed by atoms with E-state index in [1.807, 2.05) is 0 Å². The predicted octanol–water partition coefficient (Wildman–Crippen LogP) is 2.24. The molecule has 0 bridgehead atoms. The first kappa shape index (κ1) is 13.6. The zero-order chi connectivity index (χ0) is 14.7. The van der Waals surface area contributed by atoms with E-state index in [-0.39, 0.29) is 6.85 Å². The maximum atomic E-state index is 2.30. The lowest BCUT2D eigenvalue weighted by molar-refractivity contribution is -0.533. The van der Waals surface area contributed by atoms with Crippen LogP contribution in [0.2, 0.25) is 0 Å². The summed E-state index contributed by atoms with van der Waals surface area (Å²) < 4.78 is 2.30. The second-order valence-corrected chi connectivity index (χ2v) is 5.50. The van der Waals surface area contributed by atoms with Crippen LogP contribution in [-0.4, -0.2) is 6.85 Å². The first-order valence-corrected chi connectivity index (χ1v) is 7.33. The van der Waals surface area contributed by atoms with Gasteiger partial charge in [0.1, 0.15) is 12.4 Å². The molecule has 0 N–H and O–H groups in total. The molecule has 21 heavy (non-hydrogen) atoms. The molecule has 0 atom stereocenters. The first-order valence-electron chi connectivity index (χ1n) is 7.33. The van der Waals surface area contributed by atoms with Crippen molar-refractivity contribution in [3.63, 3.8) is 0 Å². The van der Waals surface area contributed by atoms with Gasteiger partial charge in [-0.2, -0.15) is 0 Å². The van der Waals surface area contributed by atoms with Gasteiger partial charge < -0.3 is 0 Å². The summed E-state index contributed by atoms with van der Waals surface area (Å²) in [6, 6.07) is 23.6. The molecule has 0 aliphatic rings. The molecule has 3 aromatic rings. The number of benzene rings is 2. The molecule has 0 aliphatic carbocycles. The van der Waals surface area contributed by atoms with E-state index in [9.17, 15) is 0 Å². The van der Waals surface area contributed by atoms with E-state index in [0.717, 1.165) is 0 Å². The summed E-state index contributed by atoms with van der Waals surface area (Å²) in [4.78, 5) is 0. The van der Waals surface area contributed by atoms with Crippen molar-refractivity contribution in [2.24, 2.45) is 0 Å². The van der Waals surface area contributed by atoms with Gasteiger partial charge in [0, 0.05) is 16.5 Å². The maximum absolute atomic E-state index is 2.30. The molecule has 0 unspecified atom stereocenters. The molecule has 0 radical (unpaired) electrons. The lowest BCUT2D eigenvalue weighted by atomic mass is 9.49. The number of aromatic nitrogens is 1. The molecule has 3 rings (SSSR count). The summed E-state index contributed by atoms with van der Waals surface area (Å²) in [5.74, 6) is 0. The smallest absolute Gasteiger partial charge is 0.282 e. The molecular formula is C19H19BN+. The summed E-state index contributed by atoms with van der Waals surface area (Å²) in [6.07, 6.45) is 4.36. The fourth-order valence-electron chi connectivity index (χ4n) is 2.82. The fourth-order valence-corrected chi connectivity index (χ4v) is 2.82. The van der Waals surface area contributed by atoms with Crippen LogP contribution in [-0.2, 0) is 0 Å². The Kier molecular flexibility index (Phi) is 3.87. The van der Waals surface area contributed by atoms with E-state index < -0.39 is 0 Å². The van der Waals surface area contributed by atoms with Gasteiger partial charge in [-0.3, -0.25) is 4.48 Å². The number of aryl methyl sites for hydroxylation is 2. The topological polar surface area (TPSA) is 3.88 Å². The van der Waals surface area contributed by atoms with Crippen molar-refractivity contribution in [1.82, 2.24) is 0 Å². The molecule has 0 spiro atoms. The van der Waals surface area contributed by atoms with E-state index in [0.29, 0.717) is 0 Å². The van der Waals surface area contributed by atoms with Gasteiger partial charge in [-0.05, 0) is 31.5 Å². The molecule has 1 heterocycles. The number of nitrogens with zero attached hydrogens (tertiary/aromatic N) is 1. The summed E-state index contributed by atoms with van der Waals surface area (Å²) in [6.45, 7) is 4.53. The number of rotatable bonds is 3. The Hall–Kier alpha value is -2.35. The molecule has 2 aromatic carbocycles. The monoisotopic (exact) mass is 272 g/mol. The quantitative estimate of drug-likeness (QED) is 0.644. The predicted molar refractivity (Wildman–Crippen MR) is 89.4 cm³/mol. The Balaban J connectivity index is 2.19. The molecular weight excluding hydrogens is 253 g/mol. The number of hydrogen-bond donors (Lipinski definition) is 0. The second kappa shape index (κ2) is 5.96. The molecule has 0 fully saturated rings. The van der Waals surface area contributed by atoms with Crippen molar-refractivity contribution in [1.29, 1.82) is 0 Å². The zero-order valence-corrected chi connectivity index (χ0v) is 12.5. The van der Waals surface area contributed by atoms with Crippen molar-refractivity contribution in [3.8, 4) is 0 Å². The highest BCUT2D eigenvalue weighted by Gasteiger charge is 2.34. The molecule has 2 heteroatoms. The highest BCUT2D eigenvalue weighted by Crippen LogP contribution is 1.98. The van der Waals surface area contributed by atoms with E-state index in [4.69, 9.17) is 0 Å². The molecule has 0 amide bonds. The van der Waals surface area contributed by atoms with Gasteiger partial charge in [0.15, 0.2) is 0 Å². The van der Waals surface area contributed by atoms with Gasteiger partial charge in [-0.15, -0.1) is 0 Å². The summed E-state index contributed by atoms with van der Waals surface area (Å²) >= 11 is 0. The Bertz CT molecular complexity index is 737. The minimum absolute atomic E-state index is 0.215. The van der Waals surface area contributed by atoms with Gasteiger partial charge >= 0.3 is 6.85 Å². The number of pyridine rings is 1. The van der Waals surface area contributed by atoms with Crippen LogP contribution < -0.4 is 15.4 Å². The van der Waals surface area contributed by atoms with Gasteiger partial charge in [-0.25, -0.2) is 0 Å². The van der Waals surface area contributed by atoms with Gasteiger partial charge in [0.05, 0.1) is 0 Å². The standard InChI is InChI=1S/C19H19BN/c1-16-9-8-14-21(15-16)20(18-11-4-3-5-12-18)19-13-7-6-10-17(19)2/h3-15H,1-2H3/q+1. The SMILES string of the molecule is Cc1ccc[n+](B(c2ccccc2)c2ccccc2C)c1. The Morgan fingerprint density at radius 1 is 0.762 bits per heavy atom. The third kappa shape index (κ3) is 2.90. The Morgan fingerprint density at radius 2 is 1.48 bits per heavy atom. The minimum atomic E-state index is 0.215. The van der Waals surface area contributed by atoms with Crippen molar-refractivity contribution < 1.29 is 4.48 Å². The maximum Gasteiger partial charge on any atom is 0.559 e. The molecule has 1 nitrogen and oxygen atoms in total. The summed E-state index contributed by atoms with van der Waals surface area (Å²) in [5, 5.41) is 0. The molecule has 0 saturated heterocycles. The van der Waals surface area contributed by atoms with Crippen LogP contribution in [0.15, 0.2) is 79.1 Å². The lowest BCUT2D eigenvalue weighted by Crippen LogP contribution is -2.66. The molecule has 102 valence electrons. The normalized spacial score (nSPS) is 10.4. The van der Waals surface area contributed by atoms with Gasteiger partial charge in [0.2, 0.25) is 0 Å². The lowest BCUT2D eigenvalue weighted by Gasteiger charge is -2.11. The van der Waals surface area contributed by atoms with Crippen LogP contribution in [0.4, 0.5) is 0 Å². The minimum Gasteiger partial charge on any atom is -0.282 e. The van der Waals surface area contributed by atoms with Crippen LogP contribution in [0.5, 0.6) is 0 Å². The van der Waals surface area contributed by atoms with E-state index in [2.05, 4.69) is 97.4 Å².